The molecule has 1 aliphatic carbocycles. The maximum Gasteiger partial charge on any atom is 0.320 e. The average Bonchev–Trinajstić information content (AvgIpc) is 3.28. The molecule has 0 bridgehead atoms. The third-order valence-corrected chi connectivity index (χ3v) is 3.13. The molecule has 114 valence electrons. The minimum atomic E-state index is -0.689. The number of urea groups is 1. The highest BCUT2D eigenvalue weighted by atomic mass is 19.1. The van der Waals surface area contributed by atoms with E-state index in [0.29, 0.717) is 11.5 Å². The van der Waals surface area contributed by atoms with E-state index in [1.54, 1.807) is 12.1 Å². The second-order valence-electron chi connectivity index (χ2n) is 5.05. The first-order valence-corrected chi connectivity index (χ1v) is 6.86. The fraction of sp³-hybridized carbons (Fsp3) is 0.200. The summed E-state index contributed by atoms with van der Waals surface area (Å²) < 4.78 is 26.4. The smallest absolute Gasteiger partial charge is 0.320 e. The molecular formula is C15H14F2N4O. The van der Waals surface area contributed by atoms with E-state index in [1.807, 2.05) is 0 Å². The van der Waals surface area contributed by atoms with Crippen molar-refractivity contribution in [2.75, 3.05) is 10.6 Å². The van der Waals surface area contributed by atoms with Crippen molar-refractivity contribution < 1.29 is 13.6 Å². The number of hydrogen-bond donors (Lipinski definition) is 3. The van der Waals surface area contributed by atoms with Crippen molar-refractivity contribution >= 4 is 23.2 Å². The van der Waals surface area contributed by atoms with E-state index in [0.717, 1.165) is 25.0 Å². The Morgan fingerprint density at radius 2 is 2.00 bits per heavy atom. The number of pyridine rings is 1. The maximum atomic E-state index is 13.5. The maximum absolute atomic E-state index is 13.5. The molecule has 0 spiro atoms. The summed E-state index contributed by atoms with van der Waals surface area (Å²) in [5.74, 6) is -0.934. The van der Waals surface area contributed by atoms with Gasteiger partial charge in [0.15, 0.2) is 0 Å². The Labute approximate surface area is 125 Å². The van der Waals surface area contributed by atoms with Gasteiger partial charge in [0, 0.05) is 12.1 Å². The van der Waals surface area contributed by atoms with E-state index >= 15 is 0 Å². The van der Waals surface area contributed by atoms with Gasteiger partial charge in [-0.1, -0.05) is 0 Å². The number of nitrogens with zero attached hydrogens (tertiary/aromatic N) is 1. The molecule has 1 fully saturated rings. The van der Waals surface area contributed by atoms with Crippen molar-refractivity contribution in [2.24, 2.45) is 0 Å². The van der Waals surface area contributed by atoms with Gasteiger partial charge in [-0.2, -0.15) is 0 Å². The van der Waals surface area contributed by atoms with E-state index in [9.17, 15) is 13.6 Å². The second kappa shape index (κ2) is 5.97. The molecule has 1 aromatic heterocycles. The summed E-state index contributed by atoms with van der Waals surface area (Å²) in [7, 11) is 0. The predicted molar refractivity (Wildman–Crippen MR) is 79.1 cm³/mol. The standard InChI is InChI=1S/C15H14F2N4O/c16-9-1-5-13(12(17)7-9)19-11-4-6-14(18-8-11)21-15(22)20-10-2-3-10/h1,4-8,10,19H,2-3H2,(H2,18,20,21,22). The zero-order valence-corrected chi connectivity index (χ0v) is 11.6. The zero-order valence-electron chi connectivity index (χ0n) is 11.6. The van der Waals surface area contributed by atoms with Crippen LogP contribution in [0.2, 0.25) is 0 Å². The number of aromatic nitrogens is 1. The molecule has 2 aromatic rings. The quantitative estimate of drug-likeness (QED) is 0.811. The van der Waals surface area contributed by atoms with Gasteiger partial charge in [-0.25, -0.2) is 18.6 Å². The Hall–Kier alpha value is -2.70. The Morgan fingerprint density at radius 1 is 1.18 bits per heavy atom. The van der Waals surface area contributed by atoms with E-state index in [-0.39, 0.29) is 17.8 Å². The number of nitrogens with one attached hydrogen (secondary N) is 3. The van der Waals surface area contributed by atoms with Crippen LogP contribution in [-0.2, 0) is 0 Å². The summed E-state index contributed by atoms with van der Waals surface area (Å²) in [6.07, 6.45) is 3.47. The highest BCUT2D eigenvalue weighted by molar-refractivity contribution is 5.88. The van der Waals surface area contributed by atoms with Gasteiger partial charge >= 0.3 is 6.03 Å². The number of rotatable bonds is 4. The van der Waals surface area contributed by atoms with Crippen molar-refractivity contribution in [3.05, 3.63) is 48.2 Å². The summed E-state index contributed by atoms with van der Waals surface area (Å²) in [6.45, 7) is 0. The lowest BCUT2D eigenvalue weighted by Gasteiger charge is -2.09. The molecule has 0 unspecified atom stereocenters. The van der Waals surface area contributed by atoms with E-state index in [4.69, 9.17) is 0 Å². The molecule has 0 radical (unpaired) electrons. The number of amides is 2. The van der Waals surface area contributed by atoms with Crippen LogP contribution in [0.5, 0.6) is 0 Å². The number of hydrogen-bond acceptors (Lipinski definition) is 3. The first-order chi connectivity index (χ1) is 10.6. The Kier molecular flexibility index (Phi) is 3.86. The minimum absolute atomic E-state index is 0.149. The number of carbonyl (C=O) groups excluding carboxylic acids is 1. The number of carbonyl (C=O) groups is 1. The van der Waals surface area contributed by atoms with Gasteiger partial charge in [-0.3, -0.25) is 5.32 Å². The van der Waals surface area contributed by atoms with Gasteiger partial charge in [-0.05, 0) is 37.1 Å². The Bertz CT molecular complexity index is 686. The molecule has 22 heavy (non-hydrogen) atoms. The van der Waals surface area contributed by atoms with Crippen LogP contribution in [0.25, 0.3) is 0 Å². The van der Waals surface area contributed by atoms with Crippen LogP contribution < -0.4 is 16.0 Å². The third-order valence-electron chi connectivity index (χ3n) is 3.13. The SMILES string of the molecule is O=C(Nc1ccc(Nc2ccc(F)cc2F)cn1)NC1CC1. The normalized spacial score (nSPS) is 13.5. The van der Waals surface area contributed by atoms with E-state index in [2.05, 4.69) is 20.9 Å². The third kappa shape index (κ3) is 3.69. The van der Waals surface area contributed by atoms with Crippen LogP contribution in [-0.4, -0.2) is 17.1 Å². The van der Waals surface area contributed by atoms with Gasteiger partial charge in [0.1, 0.15) is 17.5 Å². The van der Waals surface area contributed by atoms with Crippen LogP contribution in [0, 0.1) is 11.6 Å². The van der Waals surface area contributed by atoms with Crippen LogP contribution >= 0.6 is 0 Å². The highest BCUT2D eigenvalue weighted by Gasteiger charge is 2.23. The molecule has 2 amide bonds. The second-order valence-corrected chi connectivity index (χ2v) is 5.05. The van der Waals surface area contributed by atoms with Gasteiger partial charge in [-0.15, -0.1) is 0 Å². The molecule has 1 aromatic carbocycles. The first-order valence-electron chi connectivity index (χ1n) is 6.86. The van der Waals surface area contributed by atoms with Crippen LogP contribution in [0.1, 0.15) is 12.8 Å². The van der Waals surface area contributed by atoms with Crippen molar-refractivity contribution in [3.8, 4) is 0 Å². The molecule has 3 N–H and O–H groups in total. The summed E-state index contributed by atoms with van der Waals surface area (Å²) in [6, 6.07) is 6.48. The molecule has 1 saturated carbocycles. The molecule has 7 heteroatoms. The lowest BCUT2D eigenvalue weighted by atomic mass is 10.3. The Balaban J connectivity index is 1.62. The van der Waals surface area contributed by atoms with E-state index < -0.39 is 11.6 Å². The number of benzene rings is 1. The van der Waals surface area contributed by atoms with Crippen LogP contribution in [0.3, 0.4) is 0 Å². The summed E-state index contributed by atoms with van der Waals surface area (Å²) in [5, 5.41) is 8.18. The van der Waals surface area contributed by atoms with Gasteiger partial charge in [0.25, 0.3) is 0 Å². The lowest BCUT2D eigenvalue weighted by Crippen LogP contribution is -2.30. The fourth-order valence-electron chi connectivity index (χ4n) is 1.85. The number of halogens is 2. The topological polar surface area (TPSA) is 66.0 Å². The zero-order chi connectivity index (χ0) is 15.5. The van der Waals surface area contributed by atoms with Crippen molar-refractivity contribution in [1.29, 1.82) is 0 Å². The van der Waals surface area contributed by atoms with Crippen molar-refractivity contribution in [3.63, 3.8) is 0 Å². The van der Waals surface area contributed by atoms with Crippen molar-refractivity contribution in [2.45, 2.75) is 18.9 Å². The molecular weight excluding hydrogens is 290 g/mol. The molecule has 1 aliphatic rings. The molecule has 0 saturated heterocycles. The highest BCUT2D eigenvalue weighted by Crippen LogP contribution is 2.21. The van der Waals surface area contributed by atoms with Crippen LogP contribution in [0.15, 0.2) is 36.5 Å². The Morgan fingerprint density at radius 3 is 2.64 bits per heavy atom. The predicted octanol–water partition coefficient (Wildman–Crippen LogP) is 3.39. The monoisotopic (exact) mass is 304 g/mol. The lowest BCUT2D eigenvalue weighted by molar-refractivity contribution is 0.251. The van der Waals surface area contributed by atoms with Crippen LogP contribution in [0.4, 0.5) is 30.8 Å². The van der Waals surface area contributed by atoms with Gasteiger partial charge in [0.2, 0.25) is 0 Å². The molecule has 3 rings (SSSR count). The van der Waals surface area contributed by atoms with Gasteiger partial charge in [0.05, 0.1) is 17.6 Å². The minimum Gasteiger partial charge on any atom is -0.352 e. The first kappa shape index (κ1) is 14.2. The molecule has 1 heterocycles. The summed E-state index contributed by atoms with van der Waals surface area (Å²) in [5.41, 5.74) is 0.675. The fourth-order valence-corrected chi connectivity index (χ4v) is 1.85. The van der Waals surface area contributed by atoms with Gasteiger partial charge < -0.3 is 10.6 Å². The summed E-state index contributed by atoms with van der Waals surface area (Å²) in [4.78, 5) is 15.6. The largest absolute Gasteiger partial charge is 0.352 e. The van der Waals surface area contributed by atoms with Crippen molar-refractivity contribution in [1.82, 2.24) is 10.3 Å². The molecule has 0 aliphatic heterocycles. The molecule has 0 atom stereocenters. The number of anilines is 3. The average molecular weight is 304 g/mol. The van der Waals surface area contributed by atoms with E-state index in [1.165, 1.54) is 12.3 Å². The molecule has 5 nitrogen and oxygen atoms in total. The summed E-state index contributed by atoms with van der Waals surface area (Å²) >= 11 is 0.